The summed E-state index contributed by atoms with van der Waals surface area (Å²) in [7, 11) is 1.46. The first-order valence-electron chi connectivity index (χ1n) is 7.92. The number of hydrogen-bond donors (Lipinski definition) is 0. The van der Waals surface area contributed by atoms with Crippen molar-refractivity contribution in [2.24, 2.45) is 0 Å². The molecule has 0 unspecified atom stereocenters. The SMILES string of the molecule is COc1c(Cl)cc(C(=O)N2CCN(C(=O)OC(C)(C)C)CC2)cc1Cl. The van der Waals surface area contributed by atoms with Crippen LogP contribution in [0, 0.1) is 0 Å². The summed E-state index contributed by atoms with van der Waals surface area (Å²) in [5.41, 5.74) is -0.151. The number of carbonyl (C=O) groups excluding carboxylic acids is 2. The van der Waals surface area contributed by atoms with E-state index >= 15 is 0 Å². The molecule has 8 heteroatoms. The highest BCUT2D eigenvalue weighted by atomic mass is 35.5. The van der Waals surface area contributed by atoms with Gasteiger partial charge in [-0.25, -0.2) is 4.79 Å². The van der Waals surface area contributed by atoms with E-state index in [4.69, 9.17) is 32.7 Å². The molecule has 6 nitrogen and oxygen atoms in total. The second kappa shape index (κ2) is 7.70. The second-order valence-corrected chi connectivity index (χ2v) is 7.55. The monoisotopic (exact) mass is 388 g/mol. The molecule has 25 heavy (non-hydrogen) atoms. The molecular weight excluding hydrogens is 367 g/mol. The number of hydrogen-bond acceptors (Lipinski definition) is 4. The molecule has 1 saturated heterocycles. The molecule has 2 rings (SSSR count). The topological polar surface area (TPSA) is 59.1 Å². The van der Waals surface area contributed by atoms with Gasteiger partial charge in [0.1, 0.15) is 5.60 Å². The molecule has 2 amide bonds. The summed E-state index contributed by atoms with van der Waals surface area (Å²) >= 11 is 12.2. The molecule has 0 radical (unpaired) electrons. The molecular formula is C17H22Cl2N2O4. The Morgan fingerprint density at radius 3 is 1.92 bits per heavy atom. The molecule has 1 aliphatic heterocycles. The zero-order valence-corrected chi connectivity index (χ0v) is 16.3. The van der Waals surface area contributed by atoms with E-state index in [1.54, 1.807) is 9.80 Å². The van der Waals surface area contributed by atoms with Crippen molar-refractivity contribution < 1.29 is 19.1 Å². The minimum absolute atomic E-state index is 0.185. The van der Waals surface area contributed by atoms with Gasteiger partial charge in [0, 0.05) is 31.7 Å². The molecule has 1 aliphatic rings. The van der Waals surface area contributed by atoms with Gasteiger partial charge in [0.05, 0.1) is 17.2 Å². The van der Waals surface area contributed by atoms with E-state index in [-0.39, 0.29) is 22.0 Å². The van der Waals surface area contributed by atoms with E-state index in [0.717, 1.165) is 0 Å². The van der Waals surface area contributed by atoms with E-state index in [1.807, 2.05) is 20.8 Å². The Bertz CT molecular complexity index is 642. The average Bonchev–Trinajstić information content (AvgIpc) is 2.52. The zero-order chi connectivity index (χ0) is 18.8. The third-order valence-corrected chi connectivity index (χ3v) is 4.23. The highest BCUT2D eigenvalue weighted by Gasteiger charge is 2.28. The van der Waals surface area contributed by atoms with Gasteiger partial charge in [0.25, 0.3) is 5.91 Å². The number of halogens is 2. The number of rotatable bonds is 2. The van der Waals surface area contributed by atoms with E-state index in [9.17, 15) is 9.59 Å². The summed E-state index contributed by atoms with van der Waals surface area (Å²) in [6.07, 6.45) is -0.366. The first kappa shape index (κ1) is 19.7. The van der Waals surface area contributed by atoms with Gasteiger partial charge >= 0.3 is 6.09 Å². The van der Waals surface area contributed by atoms with Crippen LogP contribution in [0.25, 0.3) is 0 Å². The molecule has 0 aliphatic carbocycles. The Labute approximate surface area is 157 Å². The van der Waals surface area contributed by atoms with Gasteiger partial charge in [-0.1, -0.05) is 23.2 Å². The molecule has 1 aromatic rings. The van der Waals surface area contributed by atoms with Crippen molar-refractivity contribution in [1.29, 1.82) is 0 Å². The first-order valence-corrected chi connectivity index (χ1v) is 8.68. The summed E-state index contributed by atoms with van der Waals surface area (Å²) in [6.45, 7) is 7.13. The molecule has 0 N–H and O–H groups in total. The number of carbonyl (C=O) groups is 2. The molecule has 1 aromatic carbocycles. The van der Waals surface area contributed by atoms with Crippen molar-refractivity contribution in [3.05, 3.63) is 27.7 Å². The van der Waals surface area contributed by atoms with Gasteiger partial charge in [-0.05, 0) is 32.9 Å². The molecule has 0 atom stereocenters. The highest BCUT2D eigenvalue weighted by molar-refractivity contribution is 6.37. The Balaban J connectivity index is 2.01. The van der Waals surface area contributed by atoms with Crippen molar-refractivity contribution in [2.45, 2.75) is 26.4 Å². The summed E-state index contributed by atoms with van der Waals surface area (Å²) in [6, 6.07) is 3.07. The fourth-order valence-electron chi connectivity index (χ4n) is 2.48. The van der Waals surface area contributed by atoms with Crippen molar-refractivity contribution in [1.82, 2.24) is 9.80 Å². The molecule has 138 valence electrons. The predicted octanol–water partition coefficient (Wildman–Crippen LogP) is 3.69. The standard InChI is InChI=1S/C17H22Cl2N2O4/c1-17(2,3)25-16(23)21-7-5-20(6-8-21)15(22)11-9-12(18)14(24-4)13(19)10-11/h9-10H,5-8H2,1-4H3. The van der Waals surface area contributed by atoms with Crippen LogP contribution < -0.4 is 4.74 Å². The summed E-state index contributed by atoms with van der Waals surface area (Å²) in [5, 5.41) is 0.566. The molecule has 1 heterocycles. The Hall–Kier alpha value is -1.66. The van der Waals surface area contributed by atoms with Gasteiger partial charge in [0.2, 0.25) is 0 Å². The largest absolute Gasteiger partial charge is 0.494 e. The van der Waals surface area contributed by atoms with Crippen LogP contribution in [0.5, 0.6) is 5.75 Å². The van der Waals surface area contributed by atoms with Gasteiger partial charge in [-0.15, -0.1) is 0 Å². The van der Waals surface area contributed by atoms with Gasteiger partial charge in [-0.2, -0.15) is 0 Å². The molecule has 0 saturated carbocycles. The summed E-state index contributed by atoms with van der Waals surface area (Å²) in [4.78, 5) is 28.0. The van der Waals surface area contributed by atoms with Crippen LogP contribution in [0.2, 0.25) is 10.0 Å². The van der Waals surface area contributed by atoms with E-state index in [1.165, 1.54) is 19.2 Å². The van der Waals surface area contributed by atoms with Crippen LogP contribution >= 0.6 is 23.2 Å². The summed E-state index contributed by atoms with van der Waals surface area (Å²) < 4.78 is 10.4. The fraction of sp³-hybridized carbons (Fsp3) is 0.529. The minimum Gasteiger partial charge on any atom is -0.494 e. The zero-order valence-electron chi connectivity index (χ0n) is 14.8. The molecule has 0 spiro atoms. The first-order chi connectivity index (χ1) is 11.6. The lowest BCUT2D eigenvalue weighted by atomic mass is 10.1. The third kappa shape index (κ3) is 4.92. The average molecular weight is 389 g/mol. The van der Waals surface area contributed by atoms with Crippen LogP contribution in [0.15, 0.2) is 12.1 Å². The normalized spacial score (nSPS) is 15.1. The van der Waals surface area contributed by atoms with E-state index < -0.39 is 5.60 Å². The predicted molar refractivity (Wildman–Crippen MR) is 96.7 cm³/mol. The lowest BCUT2D eigenvalue weighted by Gasteiger charge is -2.35. The lowest BCUT2D eigenvalue weighted by molar-refractivity contribution is 0.0141. The van der Waals surface area contributed by atoms with Crippen molar-refractivity contribution in [2.75, 3.05) is 33.3 Å². The fourth-order valence-corrected chi connectivity index (χ4v) is 3.12. The van der Waals surface area contributed by atoms with E-state index in [0.29, 0.717) is 37.5 Å². The summed E-state index contributed by atoms with van der Waals surface area (Å²) in [5.74, 6) is 0.157. The smallest absolute Gasteiger partial charge is 0.410 e. The second-order valence-electron chi connectivity index (χ2n) is 6.73. The van der Waals surface area contributed by atoms with Gasteiger partial charge in [0.15, 0.2) is 5.75 Å². The van der Waals surface area contributed by atoms with Crippen molar-refractivity contribution in [3.8, 4) is 5.75 Å². The quantitative estimate of drug-likeness (QED) is 0.774. The van der Waals surface area contributed by atoms with E-state index in [2.05, 4.69) is 0 Å². The number of amides is 2. The highest BCUT2D eigenvalue weighted by Crippen LogP contribution is 2.34. The lowest BCUT2D eigenvalue weighted by Crippen LogP contribution is -2.51. The third-order valence-electron chi connectivity index (χ3n) is 3.67. The number of nitrogens with zero attached hydrogens (tertiary/aromatic N) is 2. The van der Waals surface area contributed by atoms with Crippen LogP contribution in [0.4, 0.5) is 4.79 Å². The number of benzene rings is 1. The maximum Gasteiger partial charge on any atom is 0.410 e. The van der Waals surface area contributed by atoms with Crippen LogP contribution in [0.1, 0.15) is 31.1 Å². The van der Waals surface area contributed by atoms with Crippen LogP contribution in [-0.4, -0.2) is 60.7 Å². The maximum absolute atomic E-state index is 12.6. The minimum atomic E-state index is -0.541. The Morgan fingerprint density at radius 1 is 1.00 bits per heavy atom. The van der Waals surface area contributed by atoms with Gasteiger partial charge < -0.3 is 19.3 Å². The molecule has 0 aromatic heterocycles. The van der Waals surface area contributed by atoms with Crippen molar-refractivity contribution >= 4 is 35.2 Å². The van der Waals surface area contributed by atoms with Crippen LogP contribution in [0.3, 0.4) is 0 Å². The Morgan fingerprint density at radius 2 is 1.48 bits per heavy atom. The number of methoxy groups -OCH3 is 1. The van der Waals surface area contributed by atoms with Gasteiger partial charge in [-0.3, -0.25) is 4.79 Å². The number of ether oxygens (including phenoxy) is 2. The van der Waals surface area contributed by atoms with Crippen LogP contribution in [-0.2, 0) is 4.74 Å². The maximum atomic E-state index is 12.6. The van der Waals surface area contributed by atoms with Crippen molar-refractivity contribution in [3.63, 3.8) is 0 Å². The molecule has 1 fully saturated rings. The number of piperazine rings is 1. The Kier molecular flexibility index (Phi) is 6.06. The molecule has 0 bridgehead atoms.